The average Bonchev–Trinajstić information content (AvgIpc) is 3.22. The molecule has 3 aromatic rings. The lowest BCUT2D eigenvalue weighted by atomic mass is 9.49. The van der Waals surface area contributed by atoms with Crippen LogP contribution in [0.3, 0.4) is 0 Å². The number of carbonyl (C=O) groups excluding carboxylic acids is 1. The number of benzene rings is 3. The Labute approximate surface area is 212 Å². The van der Waals surface area contributed by atoms with Crippen molar-refractivity contribution in [2.45, 2.75) is 49.8 Å². The van der Waals surface area contributed by atoms with E-state index in [1.54, 1.807) is 36.4 Å². The van der Waals surface area contributed by atoms with Gasteiger partial charge in [0, 0.05) is 11.4 Å². The molecule has 0 radical (unpaired) electrons. The first-order chi connectivity index (χ1) is 17.4. The molecule has 0 heterocycles. The van der Waals surface area contributed by atoms with Crippen LogP contribution in [0, 0.1) is 23.2 Å². The fraction of sp³-hybridized carbons (Fsp3) is 0.367. The number of hydrogen-bond donors (Lipinski definition) is 2. The SMILES string of the molecule is O=C(Nc1ccc(NS(=O)(=O)c2ccc3c(c2)Cc2ccccc2-3)cc1)C12CC3CC(CC(C3)C1)C2. The van der Waals surface area contributed by atoms with Gasteiger partial charge in [-0.1, -0.05) is 30.3 Å². The summed E-state index contributed by atoms with van der Waals surface area (Å²) in [6, 6.07) is 20.5. The fourth-order valence-electron chi connectivity index (χ4n) is 7.78. The Morgan fingerprint density at radius 1 is 0.750 bits per heavy atom. The minimum atomic E-state index is -3.73. The summed E-state index contributed by atoms with van der Waals surface area (Å²) >= 11 is 0. The zero-order valence-electron chi connectivity index (χ0n) is 20.2. The van der Waals surface area contributed by atoms with Crippen LogP contribution in [-0.4, -0.2) is 14.3 Å². The molecule has 4 bridgehead atoms. The smallest absolute Gasteiger partial charge is 0.261 e. The van der Waals surface area contributed by atoms with Gasteiger partial charge in [0.2, 0.25) is 5.91 Å². The molecule has 0 aromatic heterocycles. The molecule has 0 saturated heterocycles. The van der Waals surface area contributed by atoms with Crippen molar-refractivity contribution in [1.82, 2.24) is 0 Å². The van der Waals surface area contributed by atoms with E-state index in [-0.39, 0.29) is 16.2 Å². The Morgan fingerprint density at radius 2 is 1.36 bits per heavy atom. The third-order valence-corrected chi connectivity index (χ3v) is 10.4. The van der Waals surface area contributed by atoms with Gasteiger partial charge in [-0.3, -0.25) is 9.52 Å². The maximum atomic E-state index is 13.3. The quantitative estimate of drug-likeness (QED) is 0.343. The van der Waals surface area contributed by atoms with Crippen molar-refractivity contribution in [3.63, 3.8) is 0 Å². The van der Waals surface area contributed by atoms with Crippen LogP contribution in [0.25, 0.3) is 11.1 Å². The van der Waals surface area contributed by atoms with E-state index in [4.69, 9.17) is 0 Å². The molecule has 0 spiro atoms. The Hall–Kier alpha value is -3.12. The standard InChI is InChI=1S/C30H30N2O3S/c33-29(30-16-19-11-20(17-30)13-21(12-19)18-30)31-24-5-7-25(8-6-24)32-36(34,35)26-9-10-28-23(15-26)14-22-3-1-2-4-27(22)28/h1-10,15,19-21,32H,11-14,16-18H2,(H,31,33). The van der Waals surface area contributed by atoms with E-state index in [2.05, 4.69) is 22.2 Å². The molecule has 0 aliphatic heterocycles. The molecule has 36 heavy (non-hydrogen) atoms. The van der Waals surface area contributed by atoms with E-state index in [1.807, 2.05) is 18.2 Å². The first kappa shape index (κ1) is 22.1. The third kappa shape index (κ3) is 3.65. The Bertz CT molecular complexity index is 1440. The van der Waals surface area contributed by atoms with E-state index in [0.29, 0.717) is 29.1 Å². The van der Waals surface area contributed by atoms with Gasteiger partial charge in [0.25, 0.3) is 10.0 Å². The Balaban J connectivity index is 1.05. The van der Waals surface area contributed by atoms with Gasteiger partial charge in [-0.2, -0.15) is 0 Å². The minimum Gasteiger partial charge on any atom is -0.326 e. The Kier molecular flexibility index (Phi) is 4.88. The molecule has 4 fully saturated rings. The van der Waals surface area contributed by atoms with Gasteiger partial charge in [0.1, 0.15) is 0 Å². The summed E-state index contributed by atoms with van der Waals surface area (Å²) in [5.74, 6) is 2.29. The summed E-state index contributed by atoms with van der Waals surface area (Å²) < 4.78 is 28.9. The largest absolute Gasteiger partial charge is 0.326 e. The summed E-state index contributed by atoms with van der Waals surface area (Å²) in [5.41, 5.74) is 5.52. The lowest BCUT2D eigenvalue weighted by Crippen LogP contribution is -2.51. The molecule has 5 nitrogen and oxygen atoms in total. The number of amides is 1. The van der Waals surface area contributed by atoms with E-state index >= 15 is 0 Å². The van der Waals surface area contributed by atoms with E-state index in [1.165, 1.54) is 30.4 Å². The molecule has 3 aromatic carbocycles. The molecule has 5 aliphatic rings. The molecular formula is C30H30N2O3S. The van der Waals surface area contributed by atoms with Crippen molar-refractivity contribution in [2.75, 3.05) is 10.0 Å². The van der Waals surface area contributed by atoms with Crippen LogP contribution in [0.15, 0.2) is 71.6 Å². The van der Waals surface area contributed by atoms with Crippen molar-refractivity contribution in [3.8, 4) is 11.1 Å². The number of hydrogen-bond acceptors (Lipinski definition) is 3. The maximum Gasteiger partial charge on any atom is 0.261 e. The molecule has 2 N–H and O–H groups in total. The number of rotatable bonds is 5. The second-order valence-electron chi connectivity index (χ2n) is 11.5. The van der Waals surface area contributed by atoms with Crippen molar-refractivity contribution in [3.05, 3.63) is 77.9 Å². The Morgan fingerprint density at radius 3 is 2.06 bits per heavy atom. The molecule has 1 amide bonds. The van der Waals surface area contributed by atoms with Crippen LogP contribution in [0.4, 0.5) is 11.4 Å². The summed E-state index contributed by atoms with van der Waals surface area (Å²) in [7, 11) is -3.73. The van der Waals surface area contributed by atoms with Crippen LogP contribution < -0.4 is 10.0 Å². The number of anilines is 2. The van der Waals surface area contributed by atoms with Crippen molar-refractivity contribution < 1.29 is 13.2 Å². The zero-order valence-corrected chi connectivity index (χ0v) is 21.0. The highest BCUT2D eigenvalue weighted by molar-refractivity contribution is 7.92. The lowest BCUT2D eigenvalue weighted by molar-refractivity contribution is -0.140. The van der Waals surface area contributed by atoms with Crippen LogP contribution in [-0.2, 0) is 21.2 Å². The molecule has 0 unspecified atom stereocenters. The van der Waals surface area contributed by atoms with Crippen molar-refractivity contribution in [2.24, 2.45) is 23.2 Å². The number of sulfonamides is 1. The zero-order chi connectivity index (χ0) is 24.5. The summed E-state index contributed by atoms with van der Waals surface area (Å²) in [5, 5.41) is 3.14. The summed E-state index contributed by atoms with van der Waals surface area (Å²) in [6.07, 6.45) is 7.72. The lowest BCUT2D eigenvalue weighted by Gasteiger charge is -2.55. The first-order valence-electron chi connectivity index (χ1n) is 13.0. The third-order valence-electron chi connectivity index (χ3n) is 8.99. The van der Waals surface area contributed by atoms with Gasteiger partial charge in [-0.15, -0.1) is 0 Å². The van der Waals surface area contributed by atoms with Crippen LogP contribution in [0.1, 0.15) is 49.7 Å². The van der Waals surface area contributed by atoms with Gasteiger partial charge >= 0.3 is 0 Å². The second-order valence-corrected chi connectivity index (χ2v) is 13.2. The van der Waals surface area contributed by atoms with Crippen LogP contribution in [0.5, 0.6) is 0 Å². The summed E-state index contributed by atoms with van der Waals surface area (Å²) in [6.45, 7) is 0. The van der Waals surface area contributed by atoms with Gasteiger partial charge in [-0.05, 0) is 121 Å². The average molecular weight is 499 g/mol. The van der Waals surface area contributed by atoms with Gasteiger partial charge in [0.05, 0.1) is 10.3 Å². The minimum absolute atomic E-state index is 0.147. The summed E-state index contributed by atoms with van der Waals surface area (Å²) in [4.78, 5) is 13.6. The highest BCUT2D eigenvalue weighted by Crippen LogP contribution is 2.60. The molecule has 0 atom stereocenters. The van der Waals surface area contributed by atoms with Crippen LogP contribution in [0.2, 0.25) is 0 Å². The van der Waals surface area contributed by atoms with Gasteiger partial charge in [0.15, 0.2) is 0 Å². The topological polar surface area (TPSA) is 75.3 Å². The maximum absolute atomic E-state index is 13.3. The number of nitrogens with one attached hydrogen (secondary N) is 2. The molecular weight excluding hydrogens is 468 g/mol. The second kappa shape index (κ2) is 7.94. The highest BCUT2D eigenvalue weighted by Gasteiger charge is 2.54. The monoisotopic (exact) mass is 498 g/mol. The van der Waals surface area contributed by atoms with E-state index < -0.39 is 10.0 Å². The van der Waals surface area contributed by atoms with Gasteiger partial charge in [-0.25, -0.2) is 8.42 Å². The molecule has 8 rings (SSSR count). The highest BCUT2D eigenvalue weighted by atomic mass is 32.2. The first-order valence-corrected chi connectivity index (χ1v) is 14.5. The number of fused-ring (bicyclic) bond motifs is 3. The molecule has 4 saturated carbocycles. The normalized spacial score (nSPS) is 27.4. The molecule has 6 heteroatoms. The van der Waals surface area contributed by atoms with Crippen molar-refractivity contribution in [1.29, 1.82) is 0 Å². The van der Waals surface area contributed by atoms with Crippen LogP contribution >= 0.6 is 0 Å². The molecule has 184 valence electrons. The molecule has 5 aliphatic carbocycles. The predicted octanol–water partition coefficient (Wildman–Crippen LogP) is 6.21. The van der Waals surface area contributed by atoms with Gasteiger partial charge < -0.3 is 5.32 Å². The fourth-order valence-corrected chi connectivity index (χ4v) is 8.89. The number of carbonyl (C=O) groups is 1. The van der Waals surface area contributed by atoms with Crippen molar-refractivity contribution >= 4 is 27.3 Å². The van der Waals surface area contributed by atoms with E-state index in [9.17, 15) is 13.2 Å². The predicted molar refractivity (Wildman–Crippen MR) is 141 cm³/mol. The van der Waals surface area contributed by atoms with E-state index in [0.717, 1.165) is 36.8 Å².